The van der Waals surface area contributed by atoms with Crippen LogP contribution in [0, 0.1) is 0 Å². The molecule has 0 saturated heterocycles. The van der Waals surface area contributed by atoms with Gasteiger partial charge in [0.25, 0.3) is 11.5 Å². The van der Waals surface area contributed by atoms with Gasteiger partial charge in [0.2, 0.25) is 5.13 Å². The van der Waals surface area contributed by atoms with Crippen molar-refractivity contribution in [3.63, 3.8) is 0 Å². The van der Waals surface area contributed by atoms with Gasteiger partial charge in [0, 0.05) is 11.9 Å². The van der Waals surface area contributed by atoms with Gasteiger partial charge in [-0.1, -0.05) is 23.5 Å². The first-order valence-electron chi connectivity index (χ1n) is 6.55. The van der Waals surface area contributed by atoms with Crippen molar-refractivity contribution in [2.45, 2.75) is 13.5 Å². The normalized spacial score (nSPS) is 10.8. The molecule has 112 valence electrons. The molecule has 0 spiro atoms. The fourth-order valence-electron chi connectivity index (χ4n) is 2.30. The Labute approximate surface area is 128 Å². The van der Waals surface area contributed by atoms with Crippen LogP contribution in [0.4, 0.5) is 5.13 Å². The number of nitrogens with zero attached hydrogens (tertiary/aromatic N) is 3. The maximum absolute atomic E-state index is 12.5. The molecule has 8 heteroatoms. The van der Waals surface area contributed by atoms with E-state index >= 15 is 0 Å². The van der Waals surface area contributed by atoms with Crippen molar-refractivity contribution in [1.82, 2.24) is 14.8 Å². The van der Waals surface area contributed by atoms with Crippen LogP contribution in [0.2, 0.25) is 0 Å². The van der Waals surface area contributed by atoms with Crippen LogP contribution in [-0.2, 0) is 6.54 Å². The zero-order valence-electron chi connectivity index (χ0n) is 11.6. The second kappa shape index (κ2) is 5.57. The molecule has 2 heterocycles. The van der Waals surface area contributed by atoms with E-state index in [-0.39, 0.29) is 16.4 Å². The zero-order chi connectivity index (χ0) is 15.7. The number of para-hydroxylation sites is 1. The van der Waals surface area contributed by atoms with Gasteiger partial charge in [-0.2, -0.15) is 0 Å². The predicted octanol–water partition coefficient (Wildman–Crippen LogP) is 1.83. The summed E-state index contributed by atoms with van der Waals surface area (Å²) in [6.07, 6.45) is 0. The molecule has 0 saturated carbocycles. The number of rotatable bonds is 3. The Morgan fingerprint density at radius 3 is 2.86 bits per heavy atom. The highest BCUT2D eigenvalue weighted by Crippen LogP contribution is 2.26. The molecule has 22 heavy (non-hydrogen) atoms. The van der Waals surface area contributed by atoms with E-state index < -0.39 is 11.5 Å². The van der Waals surface area contributed by atoms with Gasteiger partial charge in [-0.05, 0) is 19.1 Å². The third-order valence-electron chi connectivity index (χ3n) is 3.27. The highest BCUT2D eigenvalue weighted by Gasteiger charge is 2.22. The predicted molar refractivity (Wildman–Crippen MR) is 83.4 cm³/mol. The summed E-state index contributed by atoms with van der Waals surface area (Å²) in [5.74, 6) is -1.03. The van der Waals surface area contributed by atoms with Gasteiger partial charge >= 0.3 is 0 Å². The quantitative estimate of drug-likeness (QED) is 0.768. The van der Waals surface area contributed by atoms with Gasteiger partial charge in [0.1, 0.15) is 16.8 Å². The minimum Gasteiger partial charge on any atom is -0.506 e. The first-order valence-corrected chi connectivity index (χ1v) is 7.43. The average Bonchev–Trinajstić information content (AvgIpc) is 3.01. The Kier molecular flexibility index (Phi) is 3.60. The number of carbonyl (C=O) groups excluding carboxylic acids is 1. The molecule has 0 atom stereocenters. The van der Waals surface area contributed by atoms with E-state index in [0.29, 0.717) is 17.4 Å². The van der Waals surface area contributed by atoms with E-state index in [9.17, 15) is 14.7 Å². The summed E-state index contributed by atoms with van der Waals surface area (Å²) < 4.78 is 1.45. The van der Waals surface area contributed by atoms with Gasteiger partial charge in [-0.15, -0.1) is 10.2 Å². The van der Waals surface area contributed by atoms with Gasteiger partial charge in [0.15, 0.2) is 0 Å². The van der Waals surface area contributed by atoms with Crippen molar-refractivity contribution in [1.29, 1.82) is 0 Å². The lowest BCUT2D eigenvalue weighted by Gasteiger charge is -2.12. The summed E-state index contributed by atoms with van der Waals surface area (Å²) in [6.45, 7) is 2.19. The monoisotopic (exact) mass is 316 g/mol. The van der Waals surface area contributed by atoms with Crippen LogP contribution in [0.25, 0.3) is 10.9 Å². The van der Waals surface area contributed by atoms with Crippen LogP contribution in [-0.4, -0.2) is 25.8 Å². The fraction of sp³-hybridized carbons (Fsp3) is 0.143. The molecule has 2 aromatic heterocycles. The molecule has 7 nitrogen and oxygen atoms in total. The molecule has 3 aromatic rings. The lowest BCUT2D eigenvalue weighted by molar-refractivity contribution is 0.102. The highest BCUT2D eigenvalue weighted by atomic mass is 32.1. The van der Waals surface area contributed by atoms with E-state index in [1.54, 1.807) is 31.2 Å². The summed E-state index contributed by atoms with van der Waals surface area (Å²) in [4.78, 5) is 24.8. The van der Waals surface area contributed by atoms with Gasteiger partial charge in [0.05, 0.1) is 5.52 Å². The summed E-state index contributed by atoms with van der Waals surface area (Å²) >= 11 is 1.13. The number of carbonyl (C=O) groups is 1. The zero-order valence-corrected chi connectivity index (χ0v) is 12.4. The Bertz CT molecular complexity index is 902. The number of benzene rings is 1. The Balaban J connectivity index is 2.21. The molecular formula is C14H12N4O3S. The number of nitrogens with one attached hydrogen (secondary N) is 1. The molecule has 3 rings (SSSR count). The number of aromatic hydroxyl groups is 1. The number of hydrogen-bond donors (Lipinski definition) is 2. The molecular weight excluding hydrogens is 304 g/mol. The summed E-state index contributed by atoms with van der Waals surface area (Å²) in [7, 11) is 0. The van der Waals surface area contributed by atoms with Crippen molar-refractivity contribution in [2.75, 3.05) is 5.32 Å². The molecule has 0 fully saturated rings. The number of aromatic nitrogens is 3. The standard InChI is InChI=1S/C14H12N4O3S/c1-2-18-9-6-4-3-5-8(9)11(19)10(13(18)21)12(20)16-14-17-15-7-22-14/h3-7,19H,2H2,1H3,(H,16,17,20). The van der Waals surface area contributed by atoms with E-state index in [0.717, 1.165) is 11.3 Å². The molecule has 0 bridgehead atoms. The lowest BCUT2D eigenvalue weighted by atomic mass is 10.1. The smallest absolute Gasteiger partial charge is 0.267 e. The van der Waals surface area contributed by atoms with Crippen LogP contribution in [0.15, 0.2) is 34.6 Å². The van der Waals surface area contributed by atoms with Crippen molar-refractivity contribution < 1.29 is 9.90 Å². The highest BCUT2D eigenvalue weighted by molar-refractivity contribution is 7.13. The van der Waals surface area contributed by atoms with Crippen molar-refractivity contribution in [3.8, 4) is 5.75 Å². The maximum Gasteiger partial charge on any atom is 0.267 e. The Hall–Kier alpha value is -2.74. The second-order valence-electron chi connectivity index (χ2n) is 4.49. The van der Waals surface area contributed by atoms with Crippen molar-refractivity contribution in [3.05, 3.63) is 45.7 Å². The van der Waals surface area contributed by atoms with E-state index in [1.165, 1.54) is 10.1 Å². The largest absolute Gasteiger partial charge is 0.506 e. The number of fused-ring (bicyclic) bond motifs is 1. The van der Waals surface area contributed by atoms with Crippen LogP contribution in [0.3, 0.4) is 0 Å². The number of aryl methyl sites for hydroxylation is 1. The molecule has 0 radical (unpaired) electrons. The van der Waals surface area contributed by atoms with Crippen molar-refractivity contribution >= 4 is 33.3 Å². The van der Waals surface area contributed by atoms with Crippen LogP contribution in [0.1, 0.15) is 17.3 Å². The topological polar surface area (TPSA) is 97.1 Å². The summed E-state index contributed by atoms with van der Waals surface area (Å²) in [5, 5.41) is 20.8. The van der Waals surface area contributed by atoms with E-state index in [1.807, 2.05) is 0 Å². The molecule has 0 aliphatic rings. The van der Waals surface area contributed by atoms with Gasteiger partial charge < -0.3 is 9.67 Å². The molecule has 0 aliphatic carbocycles. The number of hydrogen-bond acceptors (Lipinski definition) is 6. The molecule has 0 unspecified atom stereocenters. The minimum atomic E-state index is -0.702. The summed E-state index contributed by atoms with van der Waals surface area (Å²) in [5.41, 5.74) is 1.21. The molecule has 1 aromatic carbocycles. The Morgan fingerprint density at radius 1 is 1.41 bits per heavy atom. The molecule has 1 amide bonds. The van der Waals surface area contributed by atoms with E-state index in [2.05, 4.69) is 15.5 Å². The van der Waals surface area contributed by atoms with E-state index in [4.69, 9.17) is 0 Å². The SMILES string of the molecule is CCn1c(=O)c(C(=O)Nc2nncs2)c(O)c2ccccc21. The van der Waals surface area contributed by atoms with Crippen LogP contribution >= 0.6 is 11.3 Å². The van der Waals surface area contributed by atoms with Crippen molar-refractivity contribution in [2.24, 2.45) is 0 Å². The van der Waals surface area contributed by atoms with Crippen LogP contribution in [0.5, 0.6) is 5.75 Å². The fourth-order valence-corrected chi connectivity index (χ4v) is 2.74. The molecule has 0 aliphatic heterocycles. The van der Waals surface area contributed by atoms with Crippen LogP contribution < -0.4 is 10.9 Å². The minimum absolute atomic E-state index is 0.264. The number of pyridine rings is 1. The third kappa shape index (κ3) is 2.23. The first kappa shape index (κ1) is 14.2. The number of anilines is 1. The van der Waals surface area contributed by atoms with Gasteiger partial charge in [-0.25, -0.2) is 0 Å². The summed E-state index contributed by atoms with van der Waals surface area (Å²) in [6, 6.07) is 6.90. The Morgan fingerprint density at radius 2 is 2.18 bits per heavy atom. The first-order chi connectivity index (χ1) is 10.6. The average molecular weight is 316 g/mol. The number of amides is 1. The second-order valence-corrected chi connectivity index (χ2v) is 5.32. The third-order valence-corrected chi connectivity index (χ3v) is 3.88. The van der Waals surface area contributed by atoms with Gasteiger partial charge in [-0.3, -0.25) is 14.9 Å². The molecule has 2 N–H and O–H groups in total. The lowest BCUT2D eigenvalue weighted by Crippen LogP contribution is -2.29. The maximum atomic E-state index is 12.5.